The number of hydrogen-bond donors (Lipinski definition) is 0. The number of carbonyl (C=O) groups excluding carboxylic acids is 1. The van der Waals surface area contributed by atoms with E-state index in [0.717, 1.165) is 31.1 Å². The Morgan fingerprint density at radius 1 is 0.694 bits per heavy atom. The van der Waals surface area contributed by atoms with Crippen molar-refractivity contribution in [3.8, 4) is 0 Å². The fraction of sp³-hybridized carbons (Fsp3) is 0.800. The third-order valence-electron chi connectivity index (χ3n) is 9.98. The molecule has 0 heterocycles. The Morgan fingerprint density at radius 3 is 1.83 bits per heavy atom. The van der Waals surface area contributed by atoms with Gasteiger partial charge in [-0.3, -0.25) is 0 Å². The zero-order valence-corrected chi connectivity index (χ0v) is 24.1. The number of rotatable bonds is 17. The Kier molecular flexibility index (Phi) is 13.6. The molecule has 0 aromatic heterocycles. The van der Waals surface area contributed by atoms with Gasteiger partial charge in [-0.2, -0.15) is 0 Å². The molecule has 0 aliphatic heterocycles. The van der Waals surface area contributed by atoms with E-state index in [1.807, 2.05) is 0 Å². The van der Waals surface area contributed by atoms with Crippen LogP contribution in [0.4, 0.5) is 0 Å². The van der Waals surface area contributed by atoms with Crippen LogP contribution < -0.4 is 0 Å². The van der Waals surface area contributed by atoms with Crippen LogP contribution in [0.3, 0.4) is 0 Å². The first kappa shape index (κ1) is 29.4. The molecule has 0 spiro atoms. The molecule has 0 radical (unpaired) electrons. The fourth-order valence-corrected chi connectivity index (χ4v) is 7.21. The molecule has 0 unspecified atom stereocenters. The number of aryl methyl sites for hydroxylation is 1. The van der Waals surface area contributed by atoms with Gasteiger partial charge in [-0.05, 0) is 73.8 Å². The predicted octanol–water partition coefficient (Wildman–Crippen LogP) is 11.0. The van der Waals surface area contributed by atoms with Crippen LogP contribution in [-0.4, -0.2) is 6.29 Å². The van der Waals surface area contributed by atoms with Crippen molar-refractivity contribution in [3.05, 3.63) is 35.4 Å². The minimum atomic E-state index is -0.0172. The Hall–Kier alpha value is -1.11. The average Bonchev–Trinajstić information content (AvgIpc) is 2.93. The van der Waals surface area contributed by atoms with E-state index in [1.54, 1.807) is 0 Å². The first-order chi connectivity index (χ1) is 17.7. The maximum atomic E-state index is 12.0. The van der Waals surface area contributed by atoms with Crippen molar-refractivity contribution in [3.63, 3.8) is 0 Å². The number of benzene rings is 1. The molecule has 0 N–H and O–H groups in total. The summed E-state index contributed by atoms with van der Waals surface area (Å²) in [6, 6.07) is 9.64. The Balaban J connectivity index is 1.32. The van der Waals surface area contributed by atoms with Crippen LogP contribution in [0.15, 0.2) is 24.3 Å². The van der Waals surface area contributed by atoms with E-state index in [2.05, 4.69) is 38.1 Å². The Morgan fingerprint density at radius 2 is 1.25 bits per heavy atom. The molecule has 0 amide bonds. The molecule has 0 bridgehead atoms. The summed E-state index contributed by atoms with van der Waals surface area (Å²) in [5, 5.41) is 0. The fourth-order valence-electron chi connectivity index (χ4n) is 7.21. The van der Waals surface area contributed by atoms with Gasteiger partial charge in [0.25, 0.3) is 0 Å². The largest absolute Gasteiger partial charge is 0.303 e. The Bertz CT molecular complexity index is 688. The lowest BCUT2D eigenvalue weighted by molar-refractivity contribution is -0.118. The highest BCUT2D eigenvalue weighted by molar-refractivity contribution is 5.59. The van der Waals surface area contributed by atoms with Gasteiger partial charge >= 0.3 is 0 Å². The van der Waals surface area contributed by atoms with Crippen LogP contribution in [0.5, 0.6) is 0 Å². The van der Waals surface area contributed by atoms with E-state index < -0.39 is 0 Å². The zero-order chi connectivity index (χ0) is 25.5. The van der Waals surface area contributed by atoms with Gasteiger partial charge < -0.3 is 4.79 Å². The van der Waals surface area contributed by atoms with Crippen molar-refractivity contribution in [1.29, 1.82) is 0 Å². The van der Waals surface area contributed by atoms with Crippen LogP contribution >= 0.6 is 0 Å². The molecule has 0 atom stereocenters. The molecule has 2 saturated carbocycles. The van der Waals surface area contributed by atoms with E-state index in [4.69, 9.17) is 0 Å². The summed E-state index contributed by atoms with van der Waals surface area (Å²) < 4.78 is 0. The molecular formula is C35H58O. The van der Waals surface area contributed by atoms with Crippen molar-refractivity contribution in [2.24, 2.45) is 17.3 Å². The summed E-state index contributed by atoms with van der Waals surface area (Å²) in [4.78, 5) is 12.0. The van der Waals surface area contributed by atoms with Crippen molar-refractivity contribution >= 4 is 6.29 Å². The summed E-state index contributed by atoms with van der Waals surface area (Å²) >= 11 is 0. The molecule has 2 aliphatic carbocycles. The number of aldehydes is 1. The summed E-state index contributed by atoms with van der Waals surface area (Å²) in [6.07, 6.45) is 30.7. The average molecular weight is 495 g/mol. The highest BCUT2D eigenvalue weighted by Crippen LogP contribution is 2.45. The van der Waals surface area contributed by atoms with E-state index in [9.17, 15) is 4.79 Å². The van der Waals surface area contributed by atoms with E-state index in [-0.39, 0.29) is 5.41 Å². The molecule has 1 aromatic rings. The second kappa shape index (κ2) is 16.7. The number of hydrogen-bond acceptors (Lipinski definition) is 1. The SMILES string of the molecule is CCCCCCCC1(C=O)CCC(c2ccc(CC[C@H]3CC[C@H](CCCCCCC)CC3)cc2)CC1. The lowest BCUT2D eigenvalue weighted by Gasteiger charge is -2.36. The van der Waals surface area contributed by atoms with Crippen LogP contribution in [0.1, 0.15) is 166 Å². The maximum Gasteiger partial charge on any atom is 0.126 e. The predicted molar refractivity (Wildman–Crippen MR) is 157 cm³/mol. The molecule has 0 saturated heterocycles. The summed E-state index contributed by atoms with van der Waals surface area (Å²) in [6.45, 7) is 4.57. The second-order valence-electron chi connectivity index (χ2n) is 12.8. The quantitative estimate of drug-likeness (QED) is 0.155. The minimum absolute atomic E-state index is 0.0172. The maximum absolute atomic E-state index is 12.0. The van der Waals surface area contributed by atoms with Gasteiger partial charge in [0.1, 0.15) is 6.29 Å². The van der Waals surface area contributed by atoms with Crippen LogP contribution in [0, 0.1) is 17.3 Å². The van der Waals surface area contributed by atoms with Crippen LogP contribution in [0.2, 0.25) is 0 Å². The third-order valence-corrected chi connectivity index (χ3v) is 9.98. The van der Waals surface area contributed by atoms with Gasteiger partial charge in [-0.1, -0.05) is 134 Å². The highest BCUT2D eigenvalue weighted by atomic mass is 16.1. The van der Waals surface area contributed by atoms with Crippen molar-refractivity contribution < 1.29 is 4.79 Å². The normalized spacial score (nSPS) is 26.7. The molecule has 3 rings (SSSR count). The van der Waals surface area contributed by atoms with E-state index in [1.165, 1.54) is 139 Å². The van der Waals surface area contributed by atoms with Crippen molar-refractivity contribution in [2.45, 2.75) is 161 Å². The van der Waals surface area contributed by atoms with E-state index in [0.29, 0.717) is 5.92 Å². The molecule has 204 valence electrons. The van der Waals surface area contributed by atoms with Crippen molar-refractivity contribution in [1.82, 2.24) is 0 Å². The molecule has 2 fully saturated rings. The smallest absolute Gasteiger partial charge is 0.126 e. The molecule has 1 aromatic carbocycles. The zero-order valence-electron chi connectivity index (χ0n) is 24.1. The molecule has 36 heavy (non-hydrogen) atoms. The van der Waals surface area contributed by atoms with Crippen LogP contribution in [0.25, 0.3) is 0 Å². The third kappa shape index (κ3) is 9.98. The first-order valence-electron chi connectivity index (χ1n) is 16.2. The number of carbonyl (C=O) groups is 1. The van der Waals surface area contributed by atoms with Gasteiger partial charge in [0.15, 0.2) is 0 Å². The van der Waals surface area contributed by atoms with Gasteiger partial charge in [0.05, 0.1) is 0 Å². The van der Waals surface area contributed by atoms with Crippen LogP contribution in [-0.2, 0) is 11.2 Å². The minimum Gasteiger partial charge on any atom is -0.303 e. The summed E-state index contributed by atoms with van der Waals surface area (Å²) in [5.41, 5.74) is 3.03. The van der Waals surface area contributed by atoms with Gasteiger partial charge in [-0.25, -0.2) is 0 Å². The van der Waals surface area contributed by atoms with E-state index >= 15 is 0 Å². The number of unbranched alkanes of at least 4 members (excludes halogenated alkanes) is 8. The summed E-state index contributed by atoms with van der Waals surface area (Å²) in [7, 11) is 0. The standard InChI is InChI=1S/C35H58O/c1-3-5-7-9-11-13-30-14-16-31(17-15-30)18-19-32-20-22-33(23-21-32)34-24-27-35(29-36,28-25-34)26-12-10-8-6-4-2/h20-23,29-31,34H,3-19,24-28H2,1-2H3/t30-,31-,34?,35?. The second-order valence-corrected chi connectivity index (χ2v) is 12.8. The highest BCUT2D eigenvalue weighted by Gasteiger charge is 2.35. The lowest BCUT2D eigenvalue weighted by atomic mass is 9.67. The Labute approximate surface area is 224 Å². The van der Waals surface area contributed by atoms with Crippen molar-refractivity contribution in [2.75, 3.05) is 0 Å². The molecular weight excluding hydrogens is 436 g/mol. The molecule has 1 nitrogen and oxygen atoms in total. The van der Waals surface area contributed by atoms with Gasteiger partial charge in [0, 0.05) is 5.41 Å². The topological polar surface area (TPSA) is 17.1 Å². The lowest BCUT2D eigenvalue weighted by Crippen LogP contribution is -2.28. The summed E-state index contributed by atoms with van der Waals surface area (Å²) in [5.74, 6) is 2.64. The van der Waals surface area contributed by atoms with Gasteiger partial charge in [0.2, 0.25) is 0 Å². The molecule has 1 heteroatoms. The van der Waals surface area contributed by atoms with Gasteiger partial charge in [-0.15, -0.1) is 0 Å². The monoisotopic (exact) mass is 494 g/mol. The molecule has 2 aliphatic rings. The first-order valence-corrected chi connectivity index (χ1v) is 16.2.